The highest BCUT2D eigenvalue weighted by Gasteiger charge is 2.11. The number of anilines is 2. The average Bonchev–Trinajstić information content (AvgIpc) is 3.26. The summed E-state index contributed by atoms with van der Waals surface area (Å²) in [7, 11) is 0. The molecule has 1 heterocycles. The molecular weight excluding hydrogens is 412 g/mol. The van der Waals surface area contributed by atoms with Gasteiger partial charge >= 0.3 is 0 Å². The maximum atomic E-state index is 12.5. The number of nitrogens with one attached hydrogen (secondary N) is 2. The van der Waals surface area contributed by atoms with Gasteiger partial charge in [-0.1, -0.05) is 102 Å². The van der Waals surface area contributed by atoms with Crippen molar-refractivity contribution in [3.63, 3.8) is 0 Å². The number of amides is 1. The zero-order valence-corrected chi connectivity index (χ0v) is 17.7. The lowest BCUT2D eigenvalue weighted by molar-refractivity contribution is -0.113. The van der Waals surface area contributed by atoms with Crippen LogP contribution in [0.4, 0.5) is 10.8 Å². The first-order valence-electron chi connectivity index (χ1n) is 9.46. The third-order valence-electron chi connectivity index (χ3n) is 4.31. The number of thioether (sulfide) groups is 1. The van der Waals surface area contributed by atoms with E-state index in [9.17, 15) is 4.79 Å². The van der Waals surface area contributed by atoms with Gasteiger partial charge in [0.2, 0.25) is 11.0 Å². The summed E-state index contributed by atoms with van der Waals surface area (Å²) in [5.74, 6) is 0.202. The summed E-state index contributed by atoms with van der Waals surface area (Å²) in [5, 5.41) is 15.3. The van der Waals surface area contributed by atoms with E-state index >= 15 is 0 Å². The number of aromatic nitrogens is 2. The van der Waals surface area contributed by atoms with E-state index in [2.05, 4.69) is 33.0 Å². The van der Waals surface area contributed by atoms with Crippen molar-refractivity contribution in [3.8, 4) is 11.1 Å². The Hall–Kier alpha value is -3.16. The molecular formula is C23H20N4OS2. The first-order chi connectivity index (χ1) is 14.8. The van der Waals surface area contributed by atoms with Crippen LogP contribution in [0.5, 0.6) is 0 Å². The molecule has 0 atom stereocenters. The van der Waals surface area contributed by atoms with E-state index in [4.69, 9.17) is 0 Å². The molecule has 4 aromatic rings. The molecule has 4 rings (SSSR count). The molecule has 0 fully saturated rings. The molecule has 0 bridgehead atoms. The summed E-state index contributed by atoms with van der Waals surface area (Å²) in [5.41, 5.74) is 4.05. The van der Waals surface area contributed by atoms with Crippen LogP contribution in [0.2, 0.25) is 0 Å². The fourth-order valence-electron chi connectivity index (χ4n) is 2.89. The van der Waals surface area contributed by atoms with Crippen LogP contribution in [-0.2, 0) is 11.3 Å². The molecule has 0 unspecified atom stereocenters. The van der Waals surface area contributed by atoms with Crippen molar-refractivity contribution in [3.05, 3.63) is 90.5 Å². The van der Waals surface area contributed by atoms with Crippen molar-refractivity contribution < 1.29 is 4.79 Å². The van der Waals surface area contributed by atoms with Crippen molar-refractivity contribution in [1.29, 1.82) is 0 Å². The van der Waals surface area contributed by atoms with Gasteiger partial charge in [0.25, 0.3) is 0 Å². The average molecular weight is 433 g/mol. The molecule has 1 amide bonds. The molecule has 0 aliphatic heterocycles. The van der Waals surface area contributed by atoms with E-state index < -0.39 is 0 Å². The second-order valence-electron chi connectivity index (χ2n) is 6.46. The van der Waals surface area contributed by atoms with Crippen molar-refractivity contribution in [1.82, 2.24) is 10.2 Å². The Morgan fingerprint density at radius 1 is 0.867 bits per heavy atom. The van der Waals surface area contributed by atoms with Gasteiger partial charge in [-0.25, -0.2) is 0 Å². The van der Waals surface area contributed by atoms with E-state index in [1.54, 1.807) is 0 Å². The van der Waals surface area contributed by atoms with E-state index in [0.29, 0.717) is 6.54 Å². The van der Waals surface area contributed by atoms with Gasteiger partial charge in [-0.3, -0.25) is 4.79 Å². The Labute approximate surface area is 183 Å². The Balaban J connectivity index is 1.31. The molecule has 0 aliphatic rings. The maximum absolute atomic E-state index is 12.5. The summed E-state index contributed by atoms with van der Waals surface area (Å²) in [6.07, 6.45) is 0. The second kappa shape index (κ2) is 10.0. The molecule has 7 heteroatoms. The van der Waals surface area contributed by atoms with Crippen molar-refractivity contribution in [2.75, 3.05) is 16.4 Å². The molecule has 2 N–H and O–H groups in total. The number of hydrogen-bond donors (Lipinski definition) is 2. The van der Waals surface area contributed by atoms with Gasteiger partial charge in [-0.05, 0) is 17.2 Å². The summed E-state index contributed by atoms with van der Waals surface area (Å²) in [6, 6.07) is 28.0. The minimum absolute atomic E-state index is 0.0719. The Bertz CT molecular complexity index is 1100. The van der Waals surface area contributed by atoms with Crippen LogP contribution in [0.15, 0.2) is 89.3 Å². The summed E-state index contributed by atoms with van der Waals surface area (Å²) in [6.45, 7) is 0.691. The third kappa shape index (κ3) is 5.46. The smallest absolute Gasteiger partial charge is 0.234 e. The van der Waals surface area contributed by atoms with E-state index in [-0.39, 0.29) is 11.7 Å². The molecule has 0 aliphatic carbocycles. The number of hydrogen-bond acceptors (Lipinski definition) is 6. The summed E-state index contributed by atoms with van der Waals surface area (Å²) in [4.78, 5) is 12.5. The highest BCUT2D eigenvalue weighted by atomic mass is 32.2. The molecule has 0 spiro atoms. The number of carbonyl (C=O) groups excluding carboxylic acids is 1. The monoisotopic (exact) mass is 432 g/mol. The number of rotatable bonds is 8. The standard InChI is InChI=1S/C23H20N4OS2/c28-21(25-20-14-8-7-13-19(20)18-11-5-2-6-12-18)16-29-23-27-26-22(30-23)24-15-17-9-3-1-4-10-17/h1-14H,15-16H2,(H,24,26)(H,25,28). The maximum Gasteiger partial charge on any atom is 0.234 e. The SMILES string of the molecule is O=C(CSc1nnc(NCc2ccccc2)s1)Nc1ccccc1-c1ccccc1. The Morgan fingerprint density at radius 3 is 2.37 bits per heavy atom. The van der Waals surface area contributed by atoms with Gasteiger partial charge in [0.1, 0.15) is 0 Å². The van der Waals surface area contributed by atoms with E-state index in [1.807, 2.05) is 72.8 Å². The van der Waals surface area contributed by atoms with Gasteiger partial charge in [0.05, 0.1) is 5.75 Å². The van der Waals surface area contributed by atoms with Crippen LogP contribution >= 0.6 is 23.1 Å². The number of nitrogens with zero attached hydrogens (tertiary/aromatic N) is 2. The lowest BCUT2D eigenvalue weighted by atomic mass is 10.0. The Kier molecular flexibility index (Phi) is 6.74. The molecule has 3 aromatic carbocycles. The summed E-state index contributed by atoms with van der Waals surface area (Å²) >= 11 is 2.83. The first kappa shape index (κ1) is 20.1. The third-order valence-corrected chi connectivity index (χ3v) is 6.32. The van der Waals surface area contributed by atoms with Gasteiger partial charge in [-0.2, -0.15) is 0 Å². The predicted octanol–water partition coefficient (Wildman–Crippen LogP) is 5.55. The number of para-hydroxylation sites is 1. The largest absolute Gasteiger partial charge is 0.356 e. The zero-order chi connectivity index (χ0) is 20.6. The predicted molar refractivity (Wildman–Crippen MR) is 125 cm³/mol. The van der Waals surface area contributed by atoms with Crippen LogP contribution in [0, 0.1) is 0 Å². The normalized spacial score (nSPS) is 10.5. The van der Waals surface area contributed by atoms with E-state index in [1.165, 1.54) is 28.7 Å². The number of benzene rings is 3. The molecule has 0 saturated carbocycles. The molecule has 30 heavy (non-hydrogen) atoms. The molecule has 150 valence electrons. The fourth-order valence-corrected chi connectivity index (χ4v) is 4.44. The molecule has 5 nitrogen and oxygen atoms in total. The topological polar surface area (TPSA) is 66.9 Å². The van der Waals surface area contributed by atoms with E-state index in [0.717, 1.165) is 26.3 Å². The second-order valence-corrected chi connectivity index (χ2v) is 8.66. The first-order valence-corrected chi connectivity index (χ1v) is 11.3. The fraction of sp³-hybridized carbons (Fsp3) is 0.0870. The van der Waals surface area contributed by atoms with Crippen LogP contribution in [0.1, 0.15) is 5.56 Å². The summed E-state index contributed by atoms with van der Waals surface area (Å²) < 4.78 is 0.761. The Morgan fingerprint density at radius 2 is 1.57 bits per heavy atom. The molecule has 0 saturated heterocycles. The quantitative estimate of drug-likeness (QED) is 0.358. The van der Waals surface area contributed by atoms with Gasteiger partial charge in [-0.15, -0.1) is 10.2 Å². The highest BCUT2D eigenvalue weighted by Crippen LogP contribution is 2.29. The van der Waals surface area contributed by atoms with Crippen LogP contribution < -0.4 is 10.6 Å². The minimum Gasteiger partial charge on any atom is -0.356 e. The number of carbonyl (C=O) groups is 1. The van der Waals surface area contributed by atoms with Gasteiger partial charge in [0.15, 0.2) is 4.34 Å². The van der Waals surface area contributed by atoms with Crippen LogP contribution in [0.25, 0.3) is 11.1 Å². The lowest BCUT2D eigenvalue weighted by Gasteiger charge is -2.10. The molecule has 0 radical (unpaired) electrons. The molecule has 1 aromatic heterocycles. The highest BCUT2D eigenvalue weighted by molar-refractivity contribution is 8.01. The lowest BCUT2D eigenvalue weighted by Crippen LogP contribution is -2.14. The van der Waals surface area contributed by atoms with Crippen molar-refractivity contribution in [2.45, 2.75) is 10.9 Å². The minimum atomic E-state index is -0.0719. The van der Waals surface area contributed by atoms with Crippen molar-refractivity contribution in [2.24, 2.45) is 0 Å². The van der Waals surface area contributed by atoms with Crippen LogP contribution in [0.3, 0.4) is 0 Å². The van der Waals surface area contributed by atoms with Crippen LogP contribution in [-0.4, -0.2) is 21.9 Å². The van der Waals surface area contributed by atoms with Crippen molar-refractivity contribution >= 4 is 39.8 Å². The zero-order valence-electron chi connectivity index (χ0n) is 16.1. The van der Waals surface area contributed by atoms with Gasteiger partial charge < -0.3 is 10.6 Å². The van der Waals surface area contributed by atoms with Gasteiger partial charge in [0, 0.05) is 17.8 Å².